The summed E-state index contributed by atoms with van der Waals surface area (Å²) in [7, 11) is 0. The second-order valence-corrected chi connectivity index (χ2v) is 3.13. The van der Waals surface area contributed by atoms with Gasteiger partial charge in [-0.2, -0.15) is 0 Å². The van der Waals surface area contributed by atoms with Gasteiger partial charge in [0.2, 0.25) is 6.43 Å². The average Bonchev–Trinajstić information content (AvgIpc) is 2.05. The van der Waals surface area contributed by atoms with Crippen LogP contribution in [0, 0.1) is 5.92 Å². The molecule has 1 nitrogen and oxygen atoms in total. The maximum absolute atomic E-state index is 12.2. The van der Waals surface area contributed by atoms with Gasteiger partial charge in [0.25, 0.3) is 0 Å². The molecule has 1 heterocycles. The van der Waals surface area contributed by atoms with Crippen LogP contribution in [0.3, 0.4) is 0 Å². The Hall–Kier alpha value is -0.180. The number of hydrogen-bond acceptors (Lipinski definition) is 1. The van der Waals surface area contributed by atoms with Gasteiger partial charge in [-0.3, -0.25) is 0 Å². The largest absolute Gasteiger partial charge is 0.303 e. The number of piperidine rings is 1. The smallest absolute Gasteiger partial charge is 0.242 e. The fourth-order valence-corrected chi connectivity index (χ4v) is 1.58. The van der Waals surface area contributed by atoms with Crippen molar-refractivity contribution in [2.24, 2.45) is 5.92 Å². The number of hydrogen-bond donors (Lipinski definition) is 0. The molecule has 66 valence electrons. The molecule has 3 heteroatoms. The van der Waals surface area contributed by atoms with E-state index in [1.165, 1.54) is 0 Å². The number of likely N-dealkylation sites (tertiary alicyclic amines) is 1. The Balaban J connectivity index is 2.33. The van der Waals surface area contributed by atoms with Gasteiger partial charge in [-0.25, -0.2) is 8.78 Å². The first-order chi connectivity index (χ1) is 5.24. The van der Waals surface area contributed by atoms with Crippen LogP contribution in [0.5, 0.6) is 0 Å². The van der Waals surface area contributed by atoms with Crippen molar-refractivity contribution in [2.75, 3.05) is 19.6 Å². The van der Waals surface area contributed by atoms with E-state index in [2.05, 4.69) is 4.90 Å². The van der Waals surface area contributed by atoms with Crippen LogP contribution in [-0.4, -0.2) is 31.0 Å². The molecule has 0 N–H and O–H groups in total. The second-order valence-electron chi connectivity index (χ2n) is 3.13. The van der Waals surface area contributed by atoms with E-state index in [1.807, 2.05) is 6.92 Å². The van der Waals surface area contributed by atoms with E-state index in [0.29, 0.717) is 13.0 Å². The predicted molar refractivity (Wildman–Crippen MR) is 40.8 cm³/mol. The lowest BCUT2D eigenvalue weighted by Gasteiger charge is -2.31. The Bertz CT molecular complexity index is 117. The molecule has 0 aromatic rings. The molecule has 0 aliphatic carbocycles. The van der Waals surface area contributed by atoms with E-state index in [9.17, 15) is 8.78 Å². The van der Waals surface area contributed by atoms with E-state index in [-0.39, 0.29) is 5.92 Å². The Morgan fingerprint density at radius 2 is 2.27 bits per heavy atom. The summed E-state index contributed by atoms with van der Waals surface area (Å²) in [6.45, 7) is 4.52. The third-order valence-corrected chi connectivity index (χ3v) is 2.35. The van der Waals surface area contributed by atoms with Crippen molar-refractivity contribution in [1.82, 2.24) is 4.90 Å². The first-order valence-electron chi connectivity index (χ1n) is 4.24. The highest BCUT2D eigenvalue weighted by atomic mass is 19.3. The molecule has 1 rings (SSSR count). The van der Waals surface area contributed by atoms with Gasteiger partial charge in [-0.1, -0.05) is 6.92 Å². The Labute approximate surface area is 66.4 Å². The van der Waals surface area contributed by atoms with E-state index < -0.39 is 6.43 Å². The molecule has 0 amide bonds. The third-order valence-electron chi connectivity index (χ3n) is 2.35. The summed E-state index contributed by atoms with van der Waals surface area (Å²) in [6.07, 6.45) is -0.485. The molecule has 1 atom stereocenters. The van der Waals surface area contributed by atoms with Crippen LogP contribution in [0.25, 0.3) is 0 Å². The molecule has 1 aliphatic heterocycles. The summed E-state index contributed by atoms with van der Waals surface area (Å²) >= 11 is 0. The highest BCUT2D eigenvalue weighted by Gasteiger charge is 2.25. The normalized spacial score (nSPS) is 27.8. The molecule has 1 fully saturated rings. The molecule has 0 spiro atoms. The van der Waals surface area contributed by atoms with Crippen molar-refractivity contribution in [2.45, 2.75) is 26.2 Å². The predicted octanol–water partition coefficient (Wildman–Crippen LogP) is 1.98. The van der Waals surface area contributed by atoms with Gasteiger partial charge in [-0.15, -0.1) is 0 Å². The third kappa shape index (κ3) is 2.40. The maximum Gasteiger partial charge on any atom is 0.242 e. The molecule has 0 aromatic carbocycles. The molecule has 0 saturated carbocycles. The lowest BCUT2D eigenvalue weighted by molar-refractivity contribution is 0.0292. The standard InChI is InChI=1S/C8H15F2N/c1-2-11-5-3-4-7(6-11)8(9)10/h7-8H,2-6H2,1H3/t7-/m0/s1. The Morgan fingerprint density at radius 3 is 2.82 bits per heavy atom. The topological polar surface area (TPSA) is 3.24 Å². The minimum atomic E-state index is -2.12. The van der Waals surface area contributed by atoms with Crippen molar-refractivity contribution in [3.63, 3.8) is 0 Å². The van der Waals surface area contributed by atoms with Crippen LogP contribution in [0.4, 0.5) is 8.78 Å². The van der Waals surface area contributed by atoms with Gasteiger partial charge in [-0.05, 0) is 25.9 Å². The highest BCUT2D eigenvalue weighted by molar-refractivity contribution is 4.73. The van der Waals surface area contributed by atoms with Crippen molar-refractivity contribution in [3.05, 3.63) is 0 Å². The minimum absolute atomic E-state index is 0.372. The molecule has 11 heavy (non-hydrogen) atoms. The van der Waals surface area contributed by atoms with Crippen molar-refractivity contribution in [1.29, 1.82) is 0 Å². The SMILES string of the molecule is CCN1CCC[C@H](C(F)F)C1. The zero-order chi connectivity index (χ0) is 8.27. The number of alkyl halides is 2. The summed E-state index contributed by atoms with van der Waals surface area (Å²) in [5.74, 6) is -0.372. The second kappa shape index (κ2) is 4.00. The molecule has 1 saturated heterocycles. The quantitative estimate of drug-likeness (QED) is 0.601. The number of nitrogens with zero attached hydrogens (tertiary/aromatic N) is 1. The molecule has 0 bridgehead atoms. The van der Waals surface area contributed by atoms with Gasteiger partial charge in [0.15, 0.2) is 0 Å². The van der Waals surface area contributed by atoms with Gasteiger partial charge in [0.1, 0.15) is 0 Å². The van der Waals surface area contributed by atoms with Crippen molar-refractivity contribution >= 4 is 0 Å². The lowest BCUT2D eigenvalue weighted by Crippen LogP contribution is -2.37. The summed E-state index contributed by atoms with van der Waals surface area (Å²) in [4.78, 5) is 2.10. The minimum Gasteiger partial charge on any atom is -0.303 e. The maximum atomic E-state index is 12.2. The average molecular weight is 163 g/mol. The molecule has 0 unspecified atom stereocenters. The van der Waals surface area contributed by atoms with Crippen LogP contribution in [0.2, 0.25) is 0 Å². The molecule has 0 radical (unpaired) electrons. The number of halogens is 2. The fourth-order valence-electron chi connectivity index (χ4n) is 1.58. The van der Waals surface area contributed by atoms with Crippen LogP contribution in [0.15, 0.2) is 0 Å². The Morgan fingerprint density at radius 1 is 1.55 bits per heavy atom. The fraction of sp³-hybridized carbons (Fsp3) is 1.00. The summed E-state index contributed by atoms with van der Waals surface area (Å²) in [5, 5.41) is 0. The zero-order valence-corrected chi connectivity index (χ0v) is 6.89. The number of rotatable bonds is 2. The van der Waals surface area contributed by atoms with Crippen LogP contribution >= 0.6 is 0 Å². The first kappa shape index (κ1) is 8.91. The zero-order valence-electron chi connectivity index (χ0n) is 6.89. The van der Waals surface area contributed by atoms with Gasteiger partial charge in [0, 0.05) is 12.5 Å². The molecular weight excluding hydrogens is 148 g/mol. The Kier molecular flexibility index (Phi) is 3.24. The molecule has 0 aromatic heterocycles. The molecular formula is C8H15F2N. The van der Waals surface area contributed by atoms with Gasteiger partial charge >= 0.3 is 0 Å². The van der Waals surface area contributed by atoms with Crippen molar-refractivity contribution in [3.8, 4) is 0 Å². The summed E-state index contributed by atoms with van der Waals surface area (Å²) in [6, 6.07) is 0. The first-order valence-corrected chi connectivity index (χ1v) is 4.24. The van der Waals surface area contributed by atoms with Crippen LogP contribution in [-0.2, 0) is 0 Å². The lowest BCUT2D eigenvalue weighted by atomic mass is 9.99. The highest BCUT2D eigenvalue weighted by Crippen LogP contribution is 2.21. The van der Waals surface area contributed by atoms with Gasteiger partial charge in [0.05, 0.1) is 0 Å². The van der Waals surface area contributed by atoms with Crippen LogP contribution in [0.1, 0.15) is 19.8 Å². The molecule has 1 aliphatic rings. The van der Waals surface area contributed by atoms with Crippen molar-refractivity contribution < 1.29 is 8.78 Å². The van der Waals surface area contributed by atoms with E-state index >= 15 is 0 Å². The monoisotopic (exact) mass is 163 g/mol. The van der Waals surface area contributed by atoms with Gasteiger partial charge < -0.3 is 4.90 Å². The van der Waals surface area contributed by atoms with E-state index in [0.717, 1.165) is 19.5 Å². The summed E-state index contributed by atoms with van der Waals surface area (Å²) < 4.78 is 24.4. The van der Waals surface area contributed by atoms with E-state index in [4.69, 9.17) is 0 Å². The summed E-state index contributed by atoms with van der Waals surface area (Å²) in [5.41, 5.74) is 0. The van der Waals surface area contributed by atoms with E-state index in [1.54, 1.807) is 0 Å². The van der Waals surface area contributed by atoms with Crippen LogP contribution < -0.4 is 0 Å².